The number of thiocarbonyl (C=S) groups is 1. The van der Waals surface area contributed by atoms with Gasteiger partial charge in [0.1, 0.15) is 0 Å². The summed E-state index contributed by atoms with van der Waals surface area (Å²) in [6.45, 7) is 2.20. The molecule has 0 spiro atoms. The van der Waals surface area contributed by atoms with E-state index < -0.39 is 0 Å². The third-order valence-electron chi connectivity index (χ3n) is 1.51. The zero-order valence-corrected chi connectivity index (χ0v) is 7.73. The van der Waals surface area contributed by atoms with E-state index in [4.69, 9.17) is 12.2 Å². The minimum atomic E-state index is 0.889. The number of hydrogen-bond acceptors (Lipinski definition) is 2. The van der Waals surface area contributed by atoms with E-state index in [1.165, 1.54) is 11.5 Å². The summed E-state index contributed by atoms with van der Waals surface area (Å²) in [5.74, 6) is 2.42. The van der Waals surface area contributed by atoms with Crippen molar-refractivity contribution in [2.75, 3.05) is 31.6 Å². The Hall–Kier alpha value is 0.0400. The Morgan fingerprint density at radius 3 is 2.60 bits per heavy atom. The monoisotopic (exact) mass is 176 g/mol. The lowest BCUT2D eigenvalue weighted by molar-refractivity contribution is 0.458. The van der Waals surface area contributed by atoms with Gasteiger partial charge in [0.2, 0.25) is 0 Å². The van der Waals surface area contributed by atoms with Gasteiger partial charge in [-0.1, -0.05) is 0 Å². The first-order chi connectivity index (χ1) is 4.84. The van der Waals surface area contributed by atoms with Crippen LogP contribution in [0.25, 0.3) is 0 Å². The second-order valence-corrected chi connectivity index (χ2v) is 3.77. The van der Waals surface area contributed by atoms with Crippen LogP contribution in [0.5, 0.6) is 0 Å². The fourth-order valence-corrected chi connectivity index (χ4v) is 2.01. The van der Waals surface area contributed by atoms with E-state index in [1.54, 1.807) is 0 Å². The molecule has 1 rings (SSSR count). The Bertz CT molecular complexity index is 121. The normalized spacial score (nSPS) is 18.7. The predicted octanol–water partition coefficient (Wildman–Crippen LogP) is 0.540. The standard InChI is InChI=1S/C6H12N2S2/c1-7-6(9)8-2-4-10-5-3-8/h2-5H2,1H3,(H,7,9). The summed E-state index contributed by atoms with van der Waals surface area (Å²) >= 11 is 7.08. The number of thioether (sulfide) groups is 1. The van der Waals surface area contributed by atoms with Gasteiger partial charge in [0.05, 0.1) is 0 Å². The molecule has 0 unspecified atom stereocenters. The fraction of sp³-hybridized carbons (Fsp3) is 0.833. The smallest absolute Gasteiger partial charge is 0.168 e. The van der Waals surface area contributed by atoms with Gasteiger partial charge in [-0.25, -0.2) is 0 Å². The molecule has 0 aromatic carbocycles. The molecule has 0 atom stereocenters. The van der Waals surface area contributed by atoms with Gasteiger partial charge in [-0.05, 0) is 12.2 Å². The summed E-state index contributed by atoms with van der Waals surface area (Å²) in [6.07, 6.45) is 0. The molecule has 1 saturated heterocycles. The quantitative estimate of drug-likeness (QED) is 0.542. The number of nitrogens with zero attached hydrogens (tertiary/aromatic N) is 1. The first-order valence-corrected chi connectivity index (χ1v) is 4.95. The summed E-state index contributed by atoms with van der Waals surface area (Å²) in [4.78, 5) is 2.21. The van der Waals surface area contributed by atoms with E-state index in [1.807, 2.05) is 18.8 Å². The van der Waals surface area contributed by atoms with Crippen LogP contribution in [0.3, 0.4) is 0 Å². The molecular formula is C6H12N2S2. The molecule has 0 radical (unpaired) electrons. The molecule has 1 N–H and O–H groups in total. The molecular weight excluding hydrogens is 164 g/mol. The van der Waals surface area contributed by atoms with Crippen molar-refractivity contribution in [2.45, 2.75) is 0 Å². The third-order valence-corrected chi connectivity index (χ3v) is 2.92. The Morgan fingerprint density at radius 2 is 2.10 bits per heavy atom. The molecule has 1 heterocycles. The highest BCUT2D eigenvalue weighted by Gasteiger charge is 2.11. The van der Waals surface area contributed by atoms with Gasteiger partial charge in [-0.3, -0.25) is 0 Å². The Kier molecular flexibility index (Phi) is 3.28. The van der Waals surface area contributed by atoms with Crippen LogP contribution < -0.4 is 5.32 Å². The topological polar surface area (TPSA) is 15.3 Å². The lowest BCUT2D eigenvalue weighted by Crippen LogP contribution is -2.42. The van der Waals surface area contributed by atoms with Gasteiger partial charge in [0, 0.05) is 31.6 Å². The molecule has 1 aliphatic heterocycles. The second-order valence-electron chi connectivity index (χ2n) is 2.15. The Morgan fingerprint density at radius 1 is 1.50 bits per heavy atom. The van der Waals surface area contributed by atoms with Crippen LogP contribution >= 0.6 is 24.0 Å². The first-order valence-electron chi connectivity index (χ1n) is 3.39. The third kappa shape index (κ3) is 2.02. The largest absolute Gasteiger partial charge is 0.366 e. The molecule has 4 heteroatoms. The van der Waals surface area contributed by atoms with E-state index in [-0.39, 0.29) is 0 Å². The van der Waals surface area contributed by atoms with Crippen LogP contribution in [0, 0.1) is 0 Å². The van der Waals surface area contributed by atoms with Gasteiger partial charge in [-0.2, -0.15) is 11.8 Å². The zero-order valence-electron chi connectivity index (χ0n) is 6.09. The number of hydrogen-bond donors (Lipinski definition) is 1. The molecule has 10 heavy (non-hydrogen) atoms. The van der Waals surface area contributed by atoms with Crippen molar-refractivity contribution in [3.63, 3.8) is 0 Å². The SMILES string of the molecule is CNC(=S)N1CCSCC1. The van der Waals surface area contributed by atoms with Crippen LogP contribution in [0.1, 0.15) is 0 Å². The second kappa shape index (κ2) is 4.03. The number of rotatable bonds is 0. The molecule has 0 aromatic rings. The molecule has 2 nitrogen and oxygen atoms in total. The molecule has 0 aromatic heterocycles. The maximum atomic E-state index is 5.08. The highest BCUT2D eigenvalue weighted by Crippen LogP contribution is 2.08. The molecule has 0 bridgehead atoms. The summed E-state index contributed by atoms with van der Waals surface area (Å²) in [6, 6.07) is 0. The fourth-order valence-electron chi connectivity index (χ4n) is 0.925. The van der Waals surface area contributed by atoms with E-state index in [0.29, 0.717) is 0 Å². The van der Waals surface area contributed by atoms with Crippen LogP contribution in [0.4, 0.5) is 0 Å². The van der Waals surface area contributed by atoms with Gasteiger partial charge < -0.3 is 10.2 Å². The van der Waals surface area contributed by atoms with E-state index in [9.17, 15) is 0 Å². The Balaban J connectivity index is 2.31. The average molecular weight is 176 g/mol. The highest BCUT2D eigenvalue weighted by molar-refractivity contribution is 7.99. The van der Waals surface area contributed by atoms with Crippen molar-refractivity contribution >= 4 is 29.1 Å². The maximum Gasteiger partial charge on any atom is 0.168 e. The highest BCUT2D eigenvalue weighted by atomic mass is 32.2. The maximum absolute atomic E-state index is 5.08. The van der Waals surface area contributed by atoms with Crippen LogP contribution in [0.15, 0.2) is 0 Å². The zero-order chi connectivity index (χ0) is 7.40. The predicted molar refractivity (Wildman–Crippen MR) is 50.6 cm³/mol. The number of nitrogens with one attached hydrogen (secondary N) is 1. The molecule has 0 saturated carbocycles. The summed E-state index contributed by atoms with van der Waals surface area (Å²) < 4.78 is 0. The van der Waals surface area contributed by atoms with Gasteiger partial charge >= 0.3 is 0 Å². The van der Waals surface area contributed by atoms with Gasteiger partial charge in [0.15, 0.2) is 5.11 Å². The van der Waals surface area contributed by atoms with Gasteiger partial charge in [-0.15, -0.1) is 0 Å². The van der Waals surface area contributed by atoms with E-state index in [2.05, 4.69) is 10.2 Å². The average Bonchev–Trinajstić information content (AvgIpc) is 2.05. The van der Waals surface area contributed by atoms with Crippen LogP contribution in [0.2, 0.25) is 0 Å². The molecule has 1 aliphatic rings. The molecule has 58 valence electrons. The van der Waals surface area contributed by atoms with E-state index in [0.717, 1.165) is 18.2 Å². The van der Waals surface area contributed by atoms with Crippen molar-refractivity contribution in [1.82, 2.24) is 10.2 Å². The molecule has 0 aliphatic carbocycles. The lowest BCUT2D eigenvalue weighted by Gasteiger charge is -2.28. The van der Waals surface area contributed by atoms with Crippen molar-refractivity contribution in [2.24, 2.45) is 0 Å². The minimum absolute atomic E-state index is 0.889. The first kappa shape index (κ1) is 8.14. The molecule has 0 amide bonds. The van der Waals surface area contributed by atoms with Crippen molar-refractivity contribution in [1.29, 1.82) is 0 Å². The summed E-state index contributed by atoms with van der Waals surface area (Å²) in [7, 11) is 1.88. The van der Waals surface area contributed by atoms with Crippen molar-refractivity contribution in [3.8, 4) is 0 Å². The van der Waals surface area contributed by atoms with Crippen LogP contribution in [-0.4, -0.2) is 41.7 Å². The lowest BCUT2D eigenvalue weighted by atomic mass is 10.5. The summed E-state index contributed by atoms with van der Waals surface area (Å²) in [5, 5.41) is 3.87. The van der Waals surface area contributed by atoms with Crippen molar-refractivity contribution in [3.05, 3.63) is 0 Å². The summed E-state index contributed by atoms with van der Waals surface area (Å²) in [5.41, 5.74) is 0. The van der Waals surface area contributed by atoms with Crippen LogP contribution in [-0.2, 0) is 0 Å². The van der Waals surface area contributed by atoms with Crippen molar-refractivity contribution < 1.29 is 0 Å². The minimum Gasteiger partial charge on any atom is -0.366 e. The molecule has 1 fully saturated rings. The Labute approximate surface area is 71.3 Å². The van der Waals surface area contributed by atoms with E-state index >= 15 is 0 Å². The van der Waals surface area contributed by atoms with Gasteiger partial charge in [0.25, 0.3) is 0 Å².